The summed E-state index contributed by atoms with van der Waals surface area (Å²) in [6.45, 7) is 5.80. The number of carbonyl (C=O) groups is 2. The Bertz CT molecular complexity index is 1470. The molecule has 9 nitrogen and oxygen atoms in total. The van der Waals surface area contributed by atoms with Gasteiger partial charge >= 0.3 is 0 Å². The third-order valence-corrected chi connectivity index (χ3v) is 9.78. The zero-order valence-corrected chi connectivity index (χ0v) is 25.6. The van der Waals surface area contributed by atoms with Crippen LogP contribution in [0.25, 0.3) is 0 Å². The lowest BCUT2D eigenvalue weighted by atomic mass is 9.89. The van der Waals surface area contributed by atoms with Crippen LogP contribution < -0.4 is 10.1 Å². The van der Waals surface area contributed by atoms with Crippen molar-refractivity contribution in [3.63, 3.8) is 0 Å². The number of amides is 2. The second-order valence-electron chi connectivity index (χ2n) is 10.9. The van der Waals surface area contributed by atoms with Crippen LogP contribution in [0.2, 0.25) is 10.0 Å². The molecule has 1 spiro atoms. The highest BCUT2D eigenvalue weighted by atomic mass is 35.5. The molecule has 2 amide bonds. The fraction of sp³-hybridized carbons (Fsp3) is 0.464. The monoisotopic (exact) mass is 608 g/mol. The number of nitrogens with zero attached hydrogens (tertiary/aromatic N) is 3. The highest BCUT2D eigenvalue weighted by molar-refractivity contribution is 7.89. The Kier molecular flexibility index (Phi) is 8.57. The molecule has 0 atom stereocenters. The first kappa shape index (κ1) is 30.3. The van der Waals surface area contributed by atoms with Crippen molar-refractivity contribution in [2.75, 3.05) is 32.9 Å². The van der Waals surface area contributed by atoms with E-state index in [0.29, 0.717) is 33.6 Å². The summed E-state index contributed by atoms with van der Waals surface area (Å²) in [6.07, 6.45) is 0.854. The van der Waals surface area contributed by atoms with Crippen molar-refractivity contribution < 1.29 is 22.7 Å². The van der Waals surface area contributed by atoms with Gasteiger partial charge in [0.1, 0.15) is 17.1 Å². The van der Waals surface area contributed by atoms with Crippen LogP contribution in [0.3, 0.4) is 0 Å². The summed E-state index contributed by atoms with van der Waals surface area (Å²) in [5.41, 5.74) is 0.270. The van der Waals surface area contributed by atoms with Crippen LogP contribution in [0.4, 0.5) is 0 Å². The second kappa shape index (κ2) is 11.3. The predicted molar refractivity (Wildman–Crippen MR) is 157 cm³/mol. The van der Waals surface area contributed by atoms with Gasteiger partial charge in [-0.2, -0.15) is 0 Å². The Morgan fingerprint density at radius 1 is 1.15 bits per heavy atom. The van der Waals surface area contributed by atoms with E-state index in [0.717, 1.165) is 11.1 Å². The van der Waals surface area contributed by atoms with E-state index in [4.69, 9.17) is 32.9 Å². The number of amidine groups is 1. The van der Waals surface area contributed by atoms with Crippen molar-refractivity contribution in [2.45, 2.75) is 51.2 Å². The van der Waals surface area contributed by atoms with E-state index in [9.17, 15) is 18.0 Å². The van der Waals surface area contributed by atoms with Crippen LogP contribution in [0.15, 0.2) is 41.4 Å². The number of rotatable bonds is 8. The molecule has 2 aliphatic heterocycles. The number of benzene rings is 2. The van der Waals surface area contributed by atoms with Crippen molar-refractivity contribution in [3.8, 4) is 5.75 Å². The Morgan fingerprint density at radius 2 is 1.82 bits per heavy atom. The number of ether oxygens (including phenoxy) is 1. The first-order valence-electron chi connectivity index (χ1n) is 13.0. The molecule has 2 heterocycles. The number of nitrogens with one attached hydrogen (secondary N) is 1. The molecule has 12 heteroatoms. The first-order valence-corrected chi connectivity index (χ1v) is 15.3. The van der Waals surface area contributed by atoms with E-state index < -0.39 is 21.2 Å². The molecule has 0 aromatic heterocycles. The van der Waals surface area contributed by atoms with Gasteiger partial charge < -0.3 is 15.0 Å². The fourth-order valence-electron chi connectivity index (χ4n) is 4.89. The summed E-state index contributed by atoms with van der Waals surface area (Å²) >= 11 is 12.2. The number of piperidine rings is 1. The standard InChI is InChI=1S/C28H34Cl2N4O5S/c1-18-16-20(24(35)33(4)5)7-6-19(18)10-15-40(37,38)34-13-11-28(12-14-34)26(36)31-25(32-28)27(2,3)39-23-9-8-21(29)17-22(23)30/h6-9,16-17H,10-15H2,1-5H3,(H,31,32,36). The minimum Gasteiger partial charge on any atom is -0.478 e. The lowest BCUT2D eigenvalue weighted by Crippen LogP contribution is -2.51. The van der Waals surface area contributed by atoms with Gasteiger partial charge in [-0.25, -0.2) is 12.7 Å². The number of hydrogen-bond donors (Lipinski definition) is 1. The number of aliphatic imine (C=N–C) groups is 1. The molecule has 1 fully saturated rings. The van der Waals surface area contributed by atoms with Gasteiger partial charge in [0.15, 0.2) is 5.60 Å². The largest absolute Gasteiger partial charge is 0.478 e. The Hall–Kier alpha value is -2.66. The normalized spacial score (nSPS) is 17.5. The summed E-state index contributed by atoms with van der Waals surface area (Å²) < 4.78 is 33.9. The third-order valence-electron chi connectivity index (χ3n) is 7.38. The SMILES string of the molecule is Cc1cc(C(=O)N(C)C)ccc1CCS(=O)(=O)N1CCC2(CC1)N=C(C(C)(C)Oc1ccc(Cl)cc1Cl)NC2=O. The topological polar surface area (TPSA) is 108 Å². The highest BCUT2D eigenvalue weighted by Crippen LogP contribution is 2.35. The molecule has 2 aliphatic rings. The molecule has 1 N–H and O–H groups in total. The number of halogens is 2. The molecule has 0 bridgehead atoms. The Balaban J connectivity index is 1.40. The van der Waals surface area contributed by atoms with E-state index in [-0.39, 0.29) is 43.5 Å². The molecule has 0 radical (unpaired) electrons. The van der Waals surface area contributed by atoms with Crippen molar-refractivity contribution in [3.05, 3.63) is 63.1 Å². The molecule has 0 unspecified atom stereocenters. The van der Waals surface area contributed by atoms with Crippen molar-refractivity contribution in [2.24, 2.45) is 4.99 Å². The van der Waals surface area contributed by atoms with Crippen molar-refractivity contribution in [1.82, 2.24) is 14.5 Å². The van der Waals surface area contributed by atoms with Crippen LogP contribution in [-0.4, -0.2) is 79.4 Å². The van der Waals surface area contributed by atoms with Gasteiger partial charge in [-0.1, -0.05) is 29.3 Å². The van der Waals surface area contributed by atoms with Crippen LogP contribution in [-0.2, 0) is 21.2 Å². The van der Waals surface area contributed by atoms with E-state index in [1.54, 1.807) is 58.3 Å². The smallest absolute Gasteiger partial charge is 0.253 e. The van der Waals surface area contributed by atoms with Gasteiger partial charge in [0.2, 0.25) is 10.0 Å². The summed E-state index contributed by atoms with van der Waals surface area (Å²) in [4.78, 5) is 31.5. The minimum atomic E-state index is -3.56. The zero-order valence-electron chi connectivity index (χ0n) is 23.3. The average molecular weight is 610 g/mol. The third kappa shape index (κ3) is 6.30. The van der Waals surface area contributed by atoms with Crippen LogP contribution in [0.5, 0.6) is 5.75 Å². The van der Waals surface area contributed by atoms with Gasteiger partial charge in [0.25, 0.3) is 11.8 Å². The number of carbonyl (C=O) groups excluding carboxylic acids is 2. The molecule has 40 heavy (non-hydrogen) atoms. The van der Waals surface area contributed by atoms with E-state index in [2.05, 4.69) is 5.32 Å². The molecular weight excluding hydrogens is 575 g/mol. The maximum atomic E-state index is 13.2. The molecule has 1 saturated heterocycles. The maximum absolute atomic E-state index is 13.2. The molecule has 2 aromatic rings. The van der Waals surface area contributed by atoms with E-state index in [1.807, 2.05) is 13.0 Å². The molecule has 0 saturated carbocycles. The zero-order chi connectivity index (χ0) is 29.5. The fourth-order valence-corrected chi connectivity index (χ4v) is 6.81. The Morgan fingerprint density at radius 3 is 2.42 bits per heavy atom. The Labute approximate surface area is 245 Å². The highest BCUT2D eigenvalue weighted by Gasteiger charge is 2.50. The molecule has 4 rings (SSSR count). The maximum Gasteiger partial charge on any atom is 0.253 e. The van der Waals surface area contributed by atoms with Crippen LogP contribution in [0, 0.1) is 6.92 Å². The van der Waals surface area contributed by atoms with Crippen LogP contribution >= 0.6 is 23.2 Å². The summed E-state index contributed by atoms with van der Waals surface area (Å²) in [6, 6.07) is 10.2. The van der Waals surface area contributed by atoms with Crippen molar-refractivity contribution >= 4 is 50.9 Å². The van der Waals surface area contributed by atoms with Gasteiger partial charge in [0.05, 0.1) is 10.8 Å². The van der Waals surface area contributed by atoms with Gasteiger partial charge in [-0.3, -0.25) is 14.6 Å². The number of aryl methyl sites for hydroxylation is 2. The number of sulfonamides is 1. The molecule has 216 valence electrons. The summed E-state index contributed by atoms with van der Waals surface area (Å²) in [5.74, 6) is 0.345. The van der Waals surface area contributed by atoms with Gasteiger partial charge in [0, 0.05) is 37.8 Å². The summed E-state index contributed by atoms with van der Waals surface area (Å²) in [7, 11) is -0.187. The minimum absolute atomic E-state index is 0.0642. The molecule has 0 aliphatic carbocycles. The molecular formula is C28H34Cl2N4O5S. The van der Waals surface area contributed by atoms with Crippen molar-refractivity contribution in [1.29, 1.82) is 0 Å². The predicted octanol–water partition coefficient (Wildman–Crippen LogP) is 4.10. The van der Waals surface area contributed by atoms with Gasteiger partial charge in [-0.05, 0) is 81.5 Å². The first-order chi connectivity index (χ1) is 18.6. The van der Waals surface area contributed by atoms with Gasteiger partial charge in [-0.15, -0.1) is 0 Å². The number of hydrogen-bond acceptors (Lipinski definition) is 6. The summed E-state index contributed by atoms with van der Waals surface area (Å²) in [5, 5.41) is 3.67. The van der Waals surface area contributed by atoms with E-state index >= 15 is 0 Å². The molecule has 2 aromatic carbocycles. The second-order valence-corrected chi connectivity index (χ2v) is 13.9. The van der Waals surface area contributed by atoms with E-state index in [1.165, 1.54) is 9.21 Å². The lowest BCUT2D eigenvalue weighted by molar-refractivity contribution is -0.125. The van der Waals surface area contributed by atoms with Crippen LogP contribution in [0.1, 0.15) is 48.2 Å². The average Bonchev–Trinajstić information content (AvgIpc) is 3.20. The lowest BCUT2D eigenvalue weighted by Gasteiger charge is -2.34. The quantitative estimate of drug-likeness (QED) is 0.485.